The minimum atomic E-state index is 0.744. The van der Waals surface area contributed by atoms with Gasteiger partial charge in [-0.05, 0) is 60.4 Å². The number of benzene rings is 2. The molecule has 0 atom stereocenters. The second-order valence-electron chi connectivity index (χ2n) is 6.23. The Morgan fingerprint density at radius 2 is 1.38 bits per heavy atom. The molecule has 1 aromatic heterocycles. The van der Waals surface area contributed by atoms with Crippen LogP contribution in [0.2, 0.25) is 0 Å². The zero-order valence-corrected chi connectivity index (χ0v) is 15.4. The molecule has 0 bridgehead atoms. The highest BCUT2D eigenvalue weighted by Crippen LogP contribution is 2.13. The van der Waals surface area contributed by atoms with Gasteiger partial charge < -0.3 is 4.98 Å². The van der Waals surface area contributed by atoms with Crippen molar-refractivity contribution in [3.8, 4) is 0 Å². The first-order valence-corrected chi connectivity index (χ1v) is 9.20. The van der Waals surface area contributed by atoms with Gasteiger partial charge in [0, 0.05) is 18.3 Å². The maximum atomic E-state index is 4.66. The number of hydrogen-bond acceptors (Lipinski definition) is 2. The molecule has 0 unspecified atom stereocenters. The third-order valence-electron chi connectivity index (χ3n) is 4.33. The van der Waals surface area contributed by atoms with Crippen molar-refractivity contribution in [3.05, 3.63) is 89.0 Å². The van der Waals surface area contributed by atoms with E-state index in [1.807, 2.05) is 18.3 Å². The zero-order chi connectivity index (χ0) is 18.2. The predicted molar refractivity (Wildman–Crippen MR) is 110 cm³/mol. The van der Waals surface area contributed by atoms with Crippen molar-refractivity contribution in [2.75, 3.05) is 0 Å². The molecule has 3 heteroatoms. The largest absolute Gasteiger partial charge is 0.343 e. The van der Waals surface area contributed by atoms with Gasteiger partial charge in [-0.1, -0.05) is 44.2 Å². The molecule has 2 aromatic carbocycles. The van der Waals surface area contributed by atoms with Gasteiger partial charge in [0.2, 0.25) is 0 Å². The number of H-pyrrole nitrogens is 1. The summed E-state index contributed by atoms with van der Waals surface area (Å²) >= 11 is 0. The normalized spacial score (nSPS) is 12.0. The summed E-state index contributed by atoms with van der Waals surface area (Å²) in [6.45, 7) is 4.31. The summed E-state index contributed by atoms with van der Waals surface area (Å²) in [5, 5.41) is 0. The lowest BCUT2D eigenvalue weighted by atomic mass is 10.1. The van der Waals surface area contributed by atoms with E-state index in [4.69, 9.17) is 0 Å². The molecule has 132 valence electrons. The lowest BCUT2D eigenvalue weighted by Gasteiger charge is -2.00. The van der Waals surface area contributed by atoms with E-state index in [-0.39, 0.29) is 0 Å². The van der Waals surface area contributed by atoms with Crippen LogP contribution in [0.25, 0.3) is 0 Å². The molecule has 1 heterocycles. The molecule has 3 rings (SSSR count). The van der Waals surface area contributed by atoms with Gasteiger partial charge in [-0.3, -0.25) is 4.99 Å². The minimum absolute atomic E-state index is 0.744. The van der Waals surface area contributed by atoms with Crippen molar-refractivity contribution in [3.63, 3.8) is 0 Å². The third kappa shape index (κ3) is 5.03. The van der Waals surface area contributed by atoms with Gasteiger partial charge >= 0.3 is 0 Å². The van der Waals surface area contributed by atoms with E-state index in [0.717, 1.165) is 41.8 Å². The van der Waals surface area contributed by atoms with E-state index in [1.54, 1.807) is 0 Å². The molecule has 3 aromatic rings. The molecule has 0 saturated heterocycles. The van der Waals surface area contributed by atoms with E-state index >= 15 is 0 Å². The van der Waals surface area contributed by atoms with Gasteiger partial charge in [0.1, 0.15) is 5.49 Å². The molecule has 26 heavy (non-hydrogen) atoms. The highest BCUT2D eigenvalue weighted by atomic mass is 14.8. The molecule has 0 amide bonds. The predicted octanol–water partition coefficient (Wildman–Crippen LogP) is 5.32. The molecule has 0 spiro atoms. The van der Waals surface area contributed by atoms with Crippen LogP contribution in [-0.2, 0) is 19.3 Å². The molecular formula is C23H25N3. The highest BCUT2D eigenvalue weighted by Gasteiger charge is 1.94. The smallest absolute Gasteiger partial charge is 0.130 e. The summed E-state index contributed by atoms with van der Waals surface area (Å²) in [4.78, 5) is 12.6. The van der Waals surface area contributed by atoms with E-state index in [9.17, 15) is 0 Å². The Labute approximate surface area is 155 Å². The monoisotopic (exact) mass is 343 g/mol. The van der Waals surface area contributed by atoms with Gasteiger partial charge in [0.05, 0.1) is 11.4 Å². The lowest BCUT2D eigenvalue weighted by Crippen LogP contribution is -2.08. The Morgan fingerprint density at radius 1 is 0.769 bits per heavy atom. The molecule has 0 fully saturated rings. The van der Waals surface area contributed by atoms with E-state index < -0.39 is 0 Å². The van der Waals surface area contributed by atoms with E-state index in [1.165, 1.54) is 11.1 Å². The number of aryl methyl sites for hydroxylation is 2. The fourth-order valence-corrected chi connectivity index (χ4v) is 2.70. The second kappa shape index (κ2) is 8.95. The number of pyridine rings is 1. The number of nitrogens with zero attached hydrogens (tertiary/aromatic N) is 2. The molecule has 0 aliphatic rings. The maximum absolute atomic E-state index is 4.66. The summed E-state index contributed by atoms with van der Waals surface area (Å²) in [5.41, 5.74) is 6.54. The Hall–Kier alpha value is -2.94. The van der Waals surface area contributed by atoms with Crippen LogP contribution < -0.4 is 5.49 Å². The molecule has 1 N–H and O–H groups in total. The number of aliphatic imine (C=N–C) groups is 1. The van der Waals surface area contributed by atoms with Crippen LogP contribution in [0.5, 0.6) is 0 Å². The van der Waals surface area contributed by atoms with Crippen LogP contribution in [0.15, 0.2) is 76.7 Å². The van der Waals surface area contributed by atoms with Crippen LogP contribution in [0.1, 0.15) is 30.7 Å². The van der Waals surface area contributed by atoms with Crippen LogP contribution in [0.3, 0.4) is 0 Å². The third-order valence-corrected chi connectivity index (χ3v) is 4.33. The number of nitrogens with one attached hydrogen (secondary N) is 1. The number of aromatic nitrogens is 1. The van der Waals surface area contributed by atoms with Crippen LogP contribution in [0.4, 0.5) is 11.4 Å². The highest BCUT2D eigenvalue weighted by molar-refractivity contribution is 5.65. The van der Waals surface area contributed by atoms with Gasteiger partial charge in [0.25, 0.3) is 0 Å². The van der Waals surface area contributed by atoms with Gasteiger partial charge in [0.15, 0.2) is 0 Å². The Bertz CT molecular complexity index is 917. The quantitative estimate of drug-likeness (QED) is 0.589. The molecule has 0 radical (unpaired) electrons. The standard InChI is InChI=1S/C23H25N3/c1-3-18-8-12-20(13-9-18)24-17-16-21-6-5-7-23(25-21)26-22-14-10-19(4-2)11-15-22/h5-15,17H,3-4,16H2,1-2H3,(H,25,26). The lowest BCUT2D eigenvalue weighted by molar-refractivity contribution is 1.06. The topological polar surface area (TPSA) is 40.5 Å². The van der Waals surface area contributed by atoms with E-state index in [2.05, 4.69) is 83.4 Å². The first-order valence-electron chi connectivity index (χ1n) is 9.20. The Morgan fingerprint density at radius 3 is 2.00 bits per heavy atom. The summed E-state index contributed by atoms with van der Waals surface area (Å²) in [5.74, 6) is 0. The molecule has 0 saturated carbocycles. The van der Waals surface area contributed by atoms with Crippen molar-refractivity contribution in [2.45, 2.75) is 33.1 Å². The second-order valence-corrected chi connectivity index (χ2v) is 6.23. The first kappa shape index (κ1) is 17.9. The molecule has 0 aliphatic carbocycles. The summed E-state index contributed by atoms with van der Waals surface area (Å²) < 4.78 is 0. The van der Waals surface area contributed by atoms with Crippen molar-refractivity contribution < 1.29 is 0 Å². The van der Waals surface area contributed by atoms with Crippen molar-refractivity contribution >= 4 is 17.6 Å². The average molecular weight is 343 g/mol. The number of hydrogen-bond donors (Lipinski definition) is 1. The Balaban J connectivity index is 1.69. The van der Waals surface area contributed by atoms with Crippen molar-refractivity contribution in [1.29, 1.82) is 0 Å². The number of aromatic amines is 1. The number of rotatable bonds is 6. The van der Waals surface area contributed by atoms with Gasteiger partial charge in [-0.15, -0.1) is 0 Å². The van der Waals surface area contributed by atoms with Crippen LogP contribution >= 0.6 is 0 Å². The van der Waals surface area contributed by atoms with Crippen LogP contribution in [-0.4, -0.2) is 11.2 Å². The molecule has 3 nitrogen and oxygen atoms in total. The minimum Gasteiger partial charge on any atom is -0.343 e. The van der Waals surface area contributed by atoms with Gasteiger partial charge in [-0.25, -0.2) is 4.99 Å². The fourth-order valence-electron chi connectivity index (χ4n) is 2.70. The van der Waals surface area contributed by atoms with E-state index in [0.29, 0.717) is 0 Å². The molecule has 0 aliphatic heterocycles. The first-order chi connectivity index (χ1) is 12.8. The average Bonchev–Trinajstić information content (AvgIpc) is 2.69. The van der Waals surface area contributed by atoms with Crippen molar-refractivity contribution in [2.24, 2.45) is 9.98 Å². The summed E-state index contributed by atoms with van der Waals surface area (Å²) in [6, 6.07) is 22.8. The summed E-state index contributed by atoms with van der Waals surface area (Å²) in [6.07, 6.45) is 4.78. The SMILES string of the molecule is CCc1ccc(N=CCc2cccc(=Nc3ccc(CC)cc3)[nH]2)cc1. The zero-order valence-electron chi connectivity index (χ0n) is 15.4. The van der Waals surface area contributed by atoms with Crippen LogP contribution in [0, 0.1) is 0 Å². The summed E-state index contributed by atoms with van der Waals surface area (Å²) in [7, 11) is 0. The van der Waals surface area contributed by atoms with Crippen molar-refractivity contribution in [1.82, 2.24) is 4.98 Å². The van der Waals surface area contributed by atoms with Gasteiger partial charge in [-0.2, -0.15) is 0 Å². The maximum Gasteiger partial charge on any atom is 0.130 e. The fraction of sp³-hybridized carbons (Fsp3) is 0.217. The molecular weight excluding hydrogens is 318 g/mol. The Kier molecular flexibility index (Phi) is 6.15.